The highest BCUT2D eigenvalue weighted by atomic mass is 127. The maximum Gasteiger partial charge on any atom is 0.191 e. The monoisotopic (exact) mass is 543 g/mol. The van der Waals surface area contributed by atoms with Gasteiger partial charge >= 0.3 is 0 Å². The fourth-order valence-corrected chi connectivity index (χ4v) is 3.49. The van der Waals surface area contributed by atoms with Crippen molar-refractivity contribution in [1.82, 2.24) is 10.6 Å². The van der Waals surface area contributed by atoms with Gasteiger partial charge in [0.05, 0.1) is 6.61 Å². The molecule has 6 nitrogen and oxygen atoms in total. The van der Waals surface area contributed by atoms with Crippen LogP contribution in [0, 0.1) is 11.2 Å². The summed E-state index contributed by atoms with van der Waals surface area (Å²) in [5.41, 5.74) is 1.15. The van der Waals surface area contributed by atoms with Gasteiger partial charge in [0.2, 0.25) is 0 Å². The Bertz CT molecular complexity index is 810. The van der Waals surface area contributed by atoms with E-state index < -0.39 is 0 Å². The molecule has 31 heavy (non-hydrogen) atoms. The van der Waals surface area contributed by atoms with Crippen LogP contribution >= 0.6 is 24.0 Å². The van der Waals surface area contributed by atoms with E-state index in [0.29, 0.717) is 18.1 Å². The smallest absolute Gasteiger partial charge is 0.191 e. The molecule has 1 heterocycles. The van der Waals surface area contributed by atoms with Crippen LogP contribution in [0.2, 0.25) is 0 Å². The predicted molar refractivity (Wildman–Crippen MR) is 131 cm³/mol. The third-order valence-corrected chi connectivity index (χ3v) is 5.36. The zero-order valence-corrected chi connectivity index (χ0v) is 20.1. The second-order valence-corrected chi connectivity index (χ2v) is 7.58. The van der Waals surface area contributed by atoms with Crippen LogP contribution in [0.5, 0.6) is 11.5 Å². The third-order valence-electron chi connectivity index (χ3n) is 5.36. The lowest BCUT2D eigenvalue weighted by Crippen LogP contribution is -2.45. The van der Waals surface area contributed by atoms with Crippen molar-refractivity contribution >= 4 is 29.9 Å². The SMILES string of the molecule is CN=C(NCCc1ccc(Oc2ccc(F)cc2)cc1)NCC1(CCO)CCOC1.I. The van der Waals surface area contributed by atoms with E-state index in [1.54, 1.807) is 19.2 Å². The van der Waals surface area contributed by atoms with Crippen LogP contribution in [0.3, 0.4) is 0 Å². The summed E-state index contributed by atoms with van der Waals surface area (Å²) < 4.78 is 24.2. The average molecular weight is 543 g/mol. The number of aliphatic hydroxyl groups is 1. The molecule has 3 rings (SSSR count). The molecule has 170 valence electrons. The van der Waals surface area contributed by atoms with E-state index in [1.165, 1.54) is 17.7 Å². The van der Waals surface area contributed by atoms with Crippen molar-refractivity contribution < 1.29 is 19.0 Å². The number of guanidine groups is 1. The van der Waals surface area contributed by atoms with Gasteiger partial charge < -0.3 is 25.2 Å². The van der Waals surface area contributed by atoms with Crippen molar-refractivity contribution in [2.45, 2.75) is 19.3 Å². The highest BCUT2D eigenvalue weighted by Gasteiger charge is 2.34. The van der Waals surface area contributed by atoms with Crippen LogP contribution < -0.4 is 15.4 Å². The Morgan fingerprint density at radius 3 is 2.39 bits per heavy atom. The molecule has 1 fully saturated rings. The van der Waals surface area contributed by atoms with Gasteiger partial charge in [0.1, 0.15) is 17.3 Å². The molecule has 0 spiro atoms. The van der Waals surface area contributed by atoms with Crippen molar-refractivity contribution in [3.8, 4) is 11.5 Å². The first-order valence-electron chi connectivity index (χ1n) is 10.3. The highest BCUT2D eigenvalue weighted by molar-refractivity contribution is 14.0. The lowest BCUT2D eigenvalue weighted by atomic mass is 9.84. The van der Waals surface area contributed by atoms with Gasteiger partial charge in [-0.1, -0.05) is 12.1 Å². The van der Waals surface area contributed by atoms with Gasteiger partial charge in [-0.2, -0.15) is 0 Å². The first-order valence-corrected chi connectivity index (χ1v) is 10.3. The van der Waals surface area contributed by atoms with Gasteiger partial charge in [-0.25, -0.2) is 4.39 Å². The Morgan fingerprint density at radius 1 is 1.13 bits per heavy atom. The van der Waals surface area contributed by atoms with Crippen molar-refractivity contribution in [3.63, 3.8) is 0 Å². The molecule has 1 aliphatic rings. The van der Waals surface area contributed by atoms with Gasteiger partial charge in [-0.15, -0.1) is 24.0 Å². The normalized spacial score (nSPS) is 18.4. The minimum atomic E-state index is -0.283. The quantitative estimate of drug-likeness (QED) is 0.256. The summed E-state index contributed by atoms with van der Waals surface area (Å²) in [4.78, 5) is 4.28. The van der Waals surface area contributed by atoms with Crippen LogP contribution in [-0.4, -0.2) is 51.0 Å². The Hall–Kier alpha value is -1.91. The van der Waals surface area contributed by atoms with Crippen LogP contribution in [0.1, 0.15) is 18.4 Å². The van der Waals surface area contributed by atoms with Crippen LogP contribution in [0.25, 0.3) is 0 Å². The number of nitrogens with zero attached hydrogens (tertiary/aromatic N) is 1. The summed E-state index contributed by atoms with van der Waals surface area (Å²) in [6.45, 7) is 3.04. The number of hydrogen-bond acceptors (Lipinski definition) is 4. The predicted octanol–water partition coefficient (Wildman–Crippen LogP) is 3.73. The maximum absolute atomic E-state index is 13.0. The number of benzene rings is 2. The van der Waals surface area contributed by atoms with E-state index in [9.17, 15) is 9.50 Å². The zero-order chi connectivity index (χ0) is 21.2. The van der Waals surface area contributed by atoms with Crippen LogP contribution in [0.4, 0.5) is 4.39 Å². The summed E-state index contributed by atoms with van der Waals surface area (Å²) in [6, 6.07) is 13.8. The summed E-state index contributed by atoms with van der Waals surface area (Å²) in [5.74, 6) is 1.78. The maximum atomic E-state index is 13.0. The Morgan fingerprint density at radius 2 is 1.81 bits per heavy atom. The molecule has 0 radical (unpaired) electrons. The van der Waals surface area contributed by atoms with Crippen molar-refractivity contribution in [3.05, 3.63) is 59.9 Å². The molecule has 2 aromatic carbocycles. The Kier molecular flexibility index (Phi) is 10.5. The second-order valence-electron chi connectivity index (χ2n) is 7.58. The van der Waals surface area contributed by atoms with Gasteiger partial charge in [0.25, 0.3) is 0 Å². The van der Waals surface area contributed by atoms with Crippen molar-refractivity contribution in [1.29, 1.82) is 0 Å². The number of ether oxygens (including phenoxy) is 2. The van der Waals surface area contributed by atoms with Gasteiger partial charge in [-0.05, 0) is 61.2 Å². The molecule has 2 aromatic rings. The molecule has 1 aliphatic heterocycles. The second kappa shape index (κ2) is 12.8. The molecule has 0 aromatic heterocycles. The molecule has 0 bridgehead atoms. The molecule has 3 N–H and O–H groups in total. The molecule has 0 aliphatic carbocycles. The van der Waals surface area contributed by atoms with Crippen molar-refractivity contribution in [2.24, 2.45) is 10.4 Å². The summed E-state index contributed by atoms with van der Waals surface area (Å²) >= 11 is 0. The fraction of sp³-hybridized carbons (Fsp3) is 0.435. The van der Waals surface area contributed by atoms with E-state index in [1.807, 2.05) is 24.3 Å². The molecule has 0 amide bonds. The van der Waals surface area contributed by atoms with Crippen LogP contribution in [-0.2, 0) is 11.2 Å². The molecule has 8 heteroatoms. The number of rotatable bonds is 9. The number of nitrogens with one attached hydrogen (secondary N) is 2. The number of hydrogen-bond donors (Lipinski definition) is 3. The first-order chi connectivity index (χ1) is 14.6. The summed E-state index contributed by atoms with van der Waals surface area (Å²) in [5, 5.41) is 16.0. The third kappa shape index (κ3) is 7.93. The van der Waals surface area contributed by atoms with Crippen molar-refractivity contribution in [2.75, 3.05) is 40.0 Å². The fourth-order valence-electron chi connectivity index (χ4n) is 3.49. The largest absolute Gasteiger partial charge is 0.457 e. The summed E-state index contributed by atoms with van der Waals surface area (Å²) in [6.07, 6.45) is 2.51. The van der Waals surface area contributed by atoms with E-state index in [0.717, 1.165) is 44.9 Å². The van der Waals surface area contributed by atoms with Gasteiger partial charge in [-0.3, -0.25) is 4.99 Å². The van der Waals surface area contributed by atoms with Gasteiger partial charge in [0.15, 0.2) is 5.96 Å². The molecular formula is C23H31FIN3O3. The molecule has 1 saturated heterocycles. The minimum absolute atomic E-state index is 0. The lowest BCUT2D eigenvalue weighted by Gasteiger charge is -2.27. The number of halogens is 2. The van der Waals surface area contributed by atoms with Gasteiger partial charge in [0, 0.05) is 38.8 Å². The molecule has 1 atom stereocenters. The lowest BCUT2D eigenvalue weighted by molar-refractivity contribution is 0.127. The Balaban J connectivity index is 0.00000341. The molecule has 1 unspecified atom stereocenters. The minimum Gasteiger partial charge on any atom is -0.457 e. The van der Waals surface area contributed by atoms with Crippen LogP contribution in [0.15, 0.2) is 53.5 Å². The highest BCUT2D eigenvalue weighted by Crippen LogP contribution is 2.31. The first kappa shape index (κ1) is 25.4. The molecule has 0 saturated carbocycles. The molecular weight excluding hydrogens is 512 g/mol. The summed E-state index contributed by atoms with van der Waals surface area (Å²) in [7, 11) is 1.75. The Labute approximate surface area is 200 Å². The van der Waals surface area contributed by atoms with E-state index in [2.05, 4.69) is 15.6 Å². The number of aliphatic hydroxyl groups excluding tert-OH is 1. The zero-order valence-electron chi connectivity index (χ0n) is 17.8. The van der Waals surface area contributed by atoms with E-state index in [4.69, 9.17) is 9.47 Å². The van der Waals surface area contributed by atoms with E-state index >= 15 is 0 Å². The number of aliphatic imine (C=N–C) groups is 1. The standard InChI is InChI=1S/C23H30FN3O3.HI/c1-25-22(27-16-23(11-14-28)12-15-29-17-23)26-13-10-18-2-6-20(7-3-18)30-21-8-4-19(24)5-9-21;/h2-9,28H,10-17H2,1H3,(H2,25,26,27);1H. The topological polar surface area (TPSA) is 75.1 Å². The van der Waals surface area contributed by atoms with E-state index in [-0.39, 0.29) is 41.8 Å². The average Bonchev–Trinajstić information content (AvgIpc) is 3.22.